The molecular formula is C36H54O13. The van der Waals surface area contributed by atoms with E-state index in [1.165, 1.54) is 6.29 Å². The van der Waals surface area contributed by atoms with Gasteiger partial charge < -0.3 is 58.7 Å². The standard InChI is InChI=1S/C36H54O13/c1-18-32(49-33-31(42)30(41)29(40)26(15-37)48-33)25(44-3)14-28(46-18)47-21-6-10-35(17-38)20(13-21)4-5-24-23(35)7-9-34(2)22(8-11-36(24,34)43)19-12-27(39)45-16-19/h12,17-18,20-26,28-33,37,40-43H,4-11,13-16H2,1-3H3/t18-,20+,21+,22-,23+,24-,25-,26-,28+,29-,30+,31-,32+,33+,34-,35-,36+/m1/s1. The van der Waals surface area contributed by atoms with E-state index < -0.39 is 72.9 Å². The molecule has 13 nitrogen and oxygen atoms in total. The maximum atomic E-state index is 13.2. The van der Waals surface area contributed by atoms with Crippen LogP contribution in [0, 0.1) is 34.5 Å². The van der Waals surface area contributed by atoms with Crippen LogP contribution in [-0.4, -0.2) is 125 Å². The lowest BCUT2D eigenvalue weighted by atomic mass is 9.43. The minimum absolute atomic E-state index is 0.0272. The highest BCUT2D eigenvalue weighted by Crippen LogP contribution is 2.69. The van der Waals surface area contributed by atoms with Crippen molar-refractivity contribution in [3.8, 4) is 0 Å². The van der Waals surface area contributed by atoms with E-state index in [-0.39, 0.29) is 41.2 Å². The van der Waals surface area contributed by atoms with Gasteiger partial charge >= 0.3 is 5.97 Å². The van der Waals surface area contributed by atoms with Gasteiger partial charge in [-0.15, -0.1) is 0 Å². The molecule has 7 rings (SSSR count). The second kappa shape index (κ2) is 13.5. The van der Waals surface area contributed by atoms with Crippen LogP contribution < -0.4 is 0 Å². The number of rotatable bonds is 8. The summed E-state index contributed by atoms with van der Waals surface area (Å²) in [6, 6.07) is 0. The summed E-state index contributed by atoms with van der Waals surface area (Å²) in [7, 11) is 1.55. The van der Waals surface area contributed by atoms with Crippen molar-refractivity contribution in [3.05, 3.63) is 11.6 Å². The second-order valence-electron chi connectivity index (χ2n) is 16.1. The largest absolute Gasteiger partial charge is 0.458 e. The van der Waals surface area contributed by atoms with Crippen molar-refractivity contribution in [1.82, 2.24) is 0 Å². The van der Waals surface area contributed by atoms with Crippen molar-refractivity contribution in [1.29, 1.82) is 0 Å². The average Bonchev–Trinajstić information content (AvgIpc) is 3.64. The molecule has 0 radical (unpaired) electrons. The molecule has 0 aromatic rings. The van der Waals surface area contributed by atoms with Crippen molar-refractivity contribution in [2.75, 3.05) is 20.3 Å². The Hall–Kier alpha value is -1.52. The van der Waals surface area contributed by atoms with Gasteiger partial charge in [0.2, 0.25) is 0 Å². The average molecular weight is 695 g/mol. The monoisotopic (exact) mass is 694 g/mol. The van der Waals surface area contributed by atoms with Crippen LogP contribution >= 0.6 is 0 Å². The first-order valence-corrected chi connectivity index (χ1v) is 18.2. The second-order valence-corrected chi connectivity index (χ2v) is 16.1. The first-order valence-electron chi connectivity index (χ1n) is 18.2. The number of ether oxygens (including phenoxy) is 6. The van der Waals surface area contributed by atoms with E-state index in [1.807, 2.05) is 0 Å². The molecule has 6 fully saturated rings. The molecule has 3 aliphatic heterocycles. The minimum atomic E-state index is -1.56. The smallest absolute Gasteiger partial charge is 0.331 e. The zero-order valence-corrected chi connectivity index (χ0v) is 28.7. The first-order chi connectivity index (χ1) is 23.4. The van der Waals surface area contributed by atoms with Gasteiger partial charge in [0.15, 0.2) is 12.6 Å². The molecule has 0 spiro atoms. The van der Waals surface area contributed by atoms with E-state index in [9.17, 15) is 35.1 Å². The van der Waals surface area contributed by atoms with Gasteiger partial charge in [0.1, 0.15) is 43.4 Å². The summed E-state index contributed by atoms with van der Waals surface area (Å²) in [6.45, 7) is 3.75. The molecule has 2 saturated heterocycles. The number of esters is 1. The van der Waals surface area contributed by atoms with Crippen LogP contribution in [0.2, 0.25) is 0 Å². The maximum absolute atomic E-state index is 13.2. The normalized spacial score (nSPS) is 52.8. The number of aliphatic hydroxyl groups excluding tert-OH is 4. The van der Waals surface area contributed by atoms with Gasteiger partial charge in [-0.1, -0.05) is 6.92 Å². The summed E-state index contributed by atoms with van der Waals surface area (Å²) < 4.78 is 35.4. The fraction of sp³-hybridized carbons (Fsp3) is 0.889. The number of methoxy groups -OCH3 is 1. The van der Waals surface area contributed by atoms with E-state index in [4.69, 9.17) is 28.4 Å². The minimum Gasteiger partial charge on any atom is -0.458 e. The molecule has 7 aliphatic rings. The van der Waals surface area contributed by atoms with Crippen LogP contribution in [0.1, 0.15) is 78.1 Å². The number of cyclic esters (lactones) is 1. The number of aldehydes is 1. The number of carbonyl (C=O) groups excluding carboxylic acids is 2. The van der Waals surface area contributed by atoms with Crippen LogP contribution in [0.5, 0.6) is 0 Å². The van der Waals surface area contributed by atoms with Crippen LogP contribution in [0.15, 0.2) is 11.6 Å². The molecule has 3 heterocycles. The number of hydrogen-bond donors (Lipinski definition) is 5. The summed E-state index contributed by atoms with van der Waals surface area (Å²) in [5.74, 6) is 0.0740. The lowest BCUT2D eigenvalue weighted by molar-refractivity contribution is -0.345. The number of fused-ring (bicyclic) bond motifs is 5. The summed E-state index contributed by atoms with van der Waals surface area (Å²) in [5.41, 5.74) is -0.761. The molecule has 4 saturated carbocycles. The van der Waals surface area contributed by atoms with Crippen molar-refractivity contribution in [3.63, 3.8) is 0 Å². The van der Waals surface area contributed by atoms with Gasteiger partial charge in [0, 0.05) is 30.4 Å². The maximum Gasteiger partial charge on any atom is 0.331 e. The number of carbonyl (C=O) groups is 2. The molecule has 17 atom stereocenters. The fourth-order valence-electron chi connectivity index (χ4n) is 11.5. The lowest BCUT2D eigenvalue weighted by Crippen LogP contribution is -2.63. The summed E-state index contributed by atoms with van der Waals surface area (Å²) in [5, 5.41) is 52.9. The highest BCUT2D eigenvalue weighted by atomic mass is 16.7. The van der Waals surface area contributed by atoms with Crippen LogP contribution in [0.3, 0.4) is 0 Å². The first kappa shape index (κ1) is 35.9. The van der Waals surface area contributed by atoms with Crippen LogP contribution in [0.4, 0.5) is 0 Å². The highest BCUT2D eigenvalue weighted by molar-refractivity contribution is 5.85. The molecule has 13 heteroatoms. The summed E-state index contributed by atoms with van der Waals surface area (Å²) in [6.07, 6.45) is 0.732. The van der Waals surface area contributed by atoms with Gasteiger partial charge in [-0.2, -0.15) is 0 Å². The Kier molecular flexibility index (Phi) is 9.86. The molecule has 49 heavy (non-hydrogen) atoms. The van der Waals surface area contributed by atoms with Crippen molar-refractivity contribution in [2.24, 2.45) is 34.5 Å². The van der Waals surface area contributed by atoms with E-state index in [1.54, 1.807) is 20.1 Å². The number of aliphatic hydroxyl groups is 5. The summed E-state index contributed by atoms with van der Waals surface area (Å²) >= 11 is 0. The van der Waals surface area contributed by atoms with Gasteiger partial charge in [-0.25, -0.2) is 4.79 Å². The predicted octanol–water partition coefficient (Wildman–Crippen LogP) is 1.14. The topological polar surface area (TPSA) is 191 Å². The molecule has 0 amide bonds. The van der Waals surface area contributed by atoms with Crippen LogP contribution in [-0.2, 0) is 38.0 Å². The zero-order valence-electron chi connectivity index (χ0n) is 28.7. The van der Waals surface area contributed by atoms with Crippen LogP contribution in [0.25, 0.3) is 0 Å². The van der Waals surface area contributed by atoms with Crippen molar-refractivity contribution < 1.29 is 63.5 Å². The predicted molar refractivity (Wildman–Crippen MR) is 169 cm³/mol. The molecule has 0 aromatic carbocycles. The van der Waals surface area contributed by atoms with Gasteiger partial charge in [-0.3, -0.25) is 0 Å². The Labute approximate surface area is 287 Å². The lowest BCUT2D eigenvalue weighted by Gasteiger charge is -2.63. The third-order valence-electron chi connectivity index (χ3n) is 14.1. The van der Waals surface area contributed by atoms with Gasteiger partial charge in [0.05, 0.1) is 30.5 Å². The molecule has 0 bridgehead atoms. The molecule has 5 N–H and O–H groups in total. The van der Waals surface area contributed by atoms with Crippen molar-refractivity contribution in [2.45, 2.75) is 145 Å². The Morgan fingerprint density at radius 2 is 1.76 bits per heavy atom. The van der Waals surface area contributed by atoms with E-state index in [2.05, 4.69) is 6.92 Å². The molecule has 0 aromatic heterocycles. The van der Waals surface area contributed by atoms with Gasteiger partial charge in [0.25, 0.3) is 0 Å². The molecule has 4 aliphatic carbocycles. The van der Waals surface area contributed by atoms with E-state index in [0.29, 0.717) is 32.3 Å². The number of hydrogen-bond acceptors (Lipinski definition) is 13. The van der Waals surface area contributed by atoms with Crippen molar-refractivity contribution >= 4 is 12.3 Å². The Morgan fingerprint density at radius 1 is 0.959 bits per heavy atom. The molecule has 276 valence electrons. The molecular weight excluding hydrogens is 640 g/mol. The fourth-order valence-corrected chi connectivity index (χ4v) is 11.5. The Morgan fingerprint density at radius 3 is 2.45 bits per heavy atom. The third-order valence-corrected chi connectivity index (χ3v) is 14.1. The Bertz CT molecular complexity index is 1280. The van der Waals surface area contributed by atoms with E-state index in [0.717, 1.165) is 44.1 Å². The van der Waals surface area contributed by atoms with E-state index >= 15 is 0 Å². The zero-order chi connectivity index (χ0) is 34.9. The SMILES string of the molecule is CO[C@@H]1C[C@H](O[C@H]2CC[C@@]3(C=O)[C@@H](CC[C@@H]4[C@@H]3CC[C@]3(C)[C@@H](C5=CC(=O)OC5)CC[C@]43O)C2)O[C@H](C)[C@@H]1O[C@@H]1O[C@H](CO)[C@@H](O)[C@H](O)[C@H]1O. The molecule has 0 unspecified atom stereocenters. The Balaban J connectivity index is 0.990. The third kappa shape index (κ3) is 5.75. The van der Waals surface area contributed by atoms with Gasteiger partial charge in [-0.05, 0) is 94.0 Å². The highest BCUT2D eigenvalue weighted by Gasteiger charge is 2.68. The summed E-state index contributed by atoms with van der Waals surface area (Å²) in [4.78, 5) is 25.1. The quantitative estimate of drug-likeness (QED) is 0.138.